The average Bonchev–Trinajstić information content (AvgIpc) is 2.65. The standard InChI is InChI=1S/C10H17NO5/c1-15-8-3-2-7(4-8)11-9(12)5-16-6-10(13)14/h7-8H,2-6H2,1H3,(H,11,12)(H,13,14). The molecule has 1 aliphatic carbocycles. The van der Waals surface area contributed by atoms with Crippen molar-refractivity contribution in [3.05, 3.63) is 0 Å². The van der Waals surface area contributed by atoms with E-state index >= 15 is 0 Å². The summed E-state index contributed by atoms with van der Waals surface area (Å²) in [6.45, 7) is -0.654. The molecule has 6 nitrogen and oxygen atoms in total. The minimum atomic E-state index is -1.08. The van der Waals surface area contributed by atoms with Crippen LogP contribution >= 0.6 is 0 Å². The predicted octanol–water partition coefficient (Wildman–Crippen LogP) is -0.229. The topological polar surface area (TPSA) is 84.9 Å². The van der Waals surface area contributed by atoms with Crippen LogP contribution in [-0.4, -0.2) is 49.5 Å². The lowest BCUT2D eigenvalue weighted by atomic mass is 10.2. The number of carboxylic acids is 1. The van der Waals surface area contributed by atoms with Crippen molar-refractivity contribution in [1.82, 2.24) is 5.32 Å². The van der Waals surface area contributed by atoms with Crippen molar-refractivity contribution in [3.63, 3.8) is 0 Å². The van der Waals surface area contributed by atoms with Gasteiger partial charge in [0.2, 0.25) is 5.91 Å². The van der Waals surface area contributed by atoms with Crippen LogP contribution in [0, 0.1) is 0 Å². The van der Waals surface area contributed by atoms with Crippen LogP contribution < -0.4 is 5.32 Å². The zero-order valence-electron chi connectivity index (χ0n) is 9.27. The van der Waals surface area contributed by atoms with Gasteiger partial charge in [0.05, 0.1) is 6.10 Å². The fraction of sp³-hybridized carbons (Fsp3) is 0.800. The molecule has 2 N–H and O–H groups in total. The number of nitrogens with one attached hydrogen (secondary N) is 1. The fourth-order valence-corrected chi connectivity index (χ4v) is 1.79. The van der Waals surface area contributed by atoms with E-state index in [4.69, 9.17) is 9.84 Å². The molecule has 0 aromatic carbocycles. The van der Waals surface area contributed by atoms with Crippen molar-refractivity contribution < 1.29 is 24.2 Å². The van der Waals surface area contributed by atoms with Gasteiger partial charge >= 0.3 is 5.97 Å². The Balaban J connectivity index is 2.12. The van der Waals surface area contributed by atoms with E-state index in [-0.39, 0.29) is 24.7 Å². The molecule has 0 bridgehead atoms. The second-order valence-corrected chi connectivity index (χ2v) is 3.82. The Morgan fingerprint density at radius 1 is 1.38 bits per heavy atom. The number of rotatable bonds is 6. The van der Waals surface area contributed by atoms with Crippen LogP contribution in [0.2, 0.25) is 0 Å². The quantitative estimate of drug-likeness (QED) is 0.659. The molecule has 0 aliphatic heterocycles. The van der Waals surface area contributed by atoms with Crippen molar-refractivity contribution in [2.45, 2.75) is 31.4 Å². The van der Waals surface area contributed by atoms with Crippen LogP contribution in [-0.2, 0) is 19.1 Å². The Morgan fingerprint density at radius 3 is 2.69 bits per heavy atom. The number of hydrogen-bond donors (Lipinski definition) is 2. The normalized spacial score (nSPS) is 24.3. The summed E-state index contributed by atoms with van der Waals surface area (Å²) in [6.07, 6.45) is 2.85. The fourth-order valence-electron chi connectivity index (χ4n) is 1.79. The van der Waals surface area contributed by atoms with E-state index in [1.807, 2.05) is 0 Å². The molecule has 0 aromatic heterocycles. The first kappa shape index (κ1) is 12.9. The van der Waals surface area contributed by atoms with Gasteiger partial charge in [0, 0.05) is 13.2 Å². The highest BCUT2D eigenvalue weighted by Gasteiger charge is 2.25. The molecule has 92 valence electrons. The molecule has 0 heterocycles. The maximum absolute atomic E-state index is 11.3. The van der Waals surface area contributed by atoms with Crippen LogP contribution in [0.5, 0.6) is 0 Å². The first-order valence-electron chi connectivity index (χ1n) is 5.23. The molecule has 16 heavy (non-hydrogen) atoms. The van der Waals surface area contributed by atoms with Crippen molar-refractivity contribution >= 4 is 11.9 Å². The van der Waals surface area contributed by atoms with Gasteiger partial charge in [-0.3, -0.25) is 4.79 Å². The molecule has 0 aromatic rings. The molecule has 2 atom stereocenters. The van der Waals surface area contributed by atoms with Gasteiger partial charge in [-0.1, -0.05) is 0 Å². The molecule has 2 unspecified atom stereocenters. The predicted molar refractivity (Wildman–Crippen MR) is 55.0 cm³/mol. The van der Waals surface area contributed by atoms with E-state index in [0.29, 0.717) is 0 Å². The summed E-state index contributed by atoms with van der Waals surface area (Å²) in [5, 5.41) is 11.1. The Labute approximate surface area is 93.9 Å². The third-order valence-electron chi connectivity index (χ3n) is 2.54. The zero-order chi connectivity index (χ0) is 12.0. The molecule has 0 saturated heterocycles. The lowest BCUT2D eigenvalue weighted by Gasteiger charge is -2.12. The first-order valence-corrected chi connectivity index (χ1v) is 5.23. The number of carbonyl (C=O) groups excluding carboxylic acids is 1. The summed E-state index contributed by atoms with van der Waals surface area (Å²) >= 11 is 0. The smallest absolute Gasteiger partial charge is 0.329 e. The number of carbonyl (C=O) groups is 2. The summed E-state index contributed by atoms with van der Waals surface area (Å²) in [6, 6.07) is 0.117. The third-order valence-corrected chi connectivity index (χ3v) is 2.54. The van der Waals surface area contributed by atoms with E-state index in [1.165, 1.54) is 0 Å². The Kier molecular flexibility index (Phi) is 5.21. The summed E-state index contributed by atoms with van der Waals surface area (Å²) in [4.78, 5) is 21.4. The van der Waals surface area contributed by atoms with E-state index in [2.05, 4.69) is 10.1 Å². The molecule has 1 fully saturated rings. The molecule has 6 heteroatoms. The number of methoxy groups -OCH3 is 1. The summed E-state index contributed by atoms with van der Waals surface area (Å²) in [5.41, 5.74) is 0. The highest BCUT2D eigenvalue weighted by atomic mass is 16.5. The van der Waals surface area contributed by atoms with Gasteiger partial charge in [0.15, 0.2) is 0 Å². The monoisotopic (exact) mass is 231 g/mol. The maximum Gasteiger partial charge on any atom is 0.329 e. The minimum absolute atomic E-state index is 0.117. The summed E-state index contributed by atoms with van der Waals surface area (Å²) < 4.78 is 9.85. The Bertz CT molecular complexity index is 256. The molecule has 1 saturated carbocycles. The van der Waals surface area contributed by atoms with Crippen LogP contribution in [0.15, 0.2) is 0 Å². The number of aliphatic carboxylic acids is 1. The number of ether oxygens (including phenoxy) is 2. The zero-order valence-corrected chi connectivity index (χ0v) is 9.27. The number of hydrogen-bond acceptors (Lipinski definition) is 4. The molecule has 1 amide bonds. The largest absolute Gasteiger partial charge is 0.480 e. The van der Waals surface area contributed by atoms with Crippen molar-refractivity contribution in [2.75, 3.05) is 20.3 Å². The van der Waals surface area contributed by atoms with E-state index in [0.717, 1.165) is 19.3 Å². The number of carboxylic acid groups (broad SMARTS) is 1. The van der Waals surface area contributed by atoms with E-state index in [1.54, 1.807) is 7.11 Å². The van der Waals surface area contributed by atoms with Crippen LogP contribution in [0.3, 0.4) is 0 Å². The summed E-state index contributed by atoms with van der Waals surface area (Å²) in [7, 11) is 1.66. The van der Waals surface area contributed by atoms with Gasteiger partial charge in [-0.2, -0.15) is 0 Å². The molecule has 0 spiro atoms. The molecular weight excluding hydrogens is 214 g/mol. The lowest BCUT2D eigenvalue weighted by Crippen LogP contribution is -2.36. The van der Waals surface area contributed by atoms with Gasteiger partial charge in [0.1, 0.15) is 13.2 Å². The first-order chi connectivity index (χ1) is 7.61. The van der Waals surface area contributed by atoms with Gasteiger partial charge in [-0.15, -0.1) is 0 Å². The number of amides is 1. The second kappa shape index (κ2) is 6.44. The van der Waals surface area contributed by atoms with Gasteiger partial charge in [0.25, 0.3) is 0 Å². The van der Waals surface area contributed by atoms with Crippen molar-refractivity contribution in [3.8, 4) is 0 Å². The SMILES string of the molecule is COC1CCC(NC(=O)COCC(=O)O)C1. The maximum atomic E-state index is 11.3. The summed E-state index contributed by atoms with van der Waals surface area (Å²) in [5.74, 6) is -1.35. The van der Waals surface area contributed by atoms with E-state index in [9.17, 15) is 9.59 Å². The van der Waals surface area contributed by atoms with Crippen LogP contribution in [0.25, 0.3) is 0 Å². The molecule has 1 aliphatic rings. The van der Waals surface area contributed by atoms with E-state index < -0.39 is 12.6 Å². The Morgan fingerprint density at radius 2 is 2.12 bits per heavy atom. The molecule has 0 radical (unpaired) electrons. The second-order valence-electron chi connectivity index (χ2n) is 3.82. The minimum Gasteiger partial charge on any atom is -0.480 e. The third kappa shape index (κ3) is 4.59. The van der Waals surface area contributed by atoms with Crippen molar-refractivity contribution in [1.29, 1.82) is 0 Å². The van der Waals surface area contributed by atoms with Gasteiger partial charge in [-0.25, -0.2) is 4.79 Å². The lowest BCUT2D eigenvalue weighted by molar-refractivity contribution is -0.143. The molecule has 1 rings (SSSR count). The van der Waals surface area contributed by atoms with Gasteiger partial charge in [-0.05, 0) is 19.3 Å². The highest BCUT2D eigenvalue weighted by Crippen LogP contribution is 2.21. The Hall–Kier alpha value is -1.14. The van der Waals surface area contributed by atoms with Crippen LogP contribution in [0.4, 0.5) is 0 Å². The van der Waals surface area contributed by atoms with Crippen LogP contribution in [0.1, 0.15) is 19.3 Å². The average molecular weight is 231 g/mol. The highest BCUT2D eigenvalue weighted by molar-refractivity contribution is 5.78. The van der Waals surface area contributed by atoms with Crippen molar-refractivity contribution in [2.24, 2.45) is 0 Å². The molecular formula is C10H17NO5. The van der Waals surface area contributed by atoms with Gasteiger partial charge < -0.3 is 19.9 Å².